The zero-order chi connectivity index (χ0) is 9.30. The van der Waals surface area contributed by atoms with Gasteiger partial charge >= 0.3 is 0 Å². The van der Waals surface area contributed by atoms with E-state index in [1.165, 1.54) is 6.07 Å². The molecule has 0 saturated heterocycles. The van der Waals surface area contributed by atoms with E-state index in [9.17, 15) is 10.2 Å². The molecule has 5 heteroatoms. The number of rotatable bonds is 0. The van der Waals surface area contributed by atoms with Crippen molar-refractivity contribution >= 4 is 31.9 Å². The zero-order valence-corrected chi connectivity index (χ0v) is 8.85. The number of halogens is 2. The Balaban J connectivity index is 3.52. The Kier molecular flexibility index (Phi) is 2.60. The minimum atomic E-state index is -0.252. The van der Waals surface area contributed by atoms with Crippen LogP contribution in [0.1, 0.15) is 5.56 Å². The van der Waals surface area contributed by atoms with Crippen molar-refractivity contribution in [2.24, 2.45) is 0 Å². The van der Waals surface area contributed by atoms with Crippen molar-refractivity contribution in [3.05, 3.63) is 20.6 Å². The lowest BCUT2D eigenvalue weighted by Gasteiger charge is -2.03. The minimum Gasteiger partial charge on any atom is -0.505 e. The highest BCUT2D eigenvalue weighted by atomic mass is 79.9. The molecule has 1 aromatic rings. The van der Waals surface area contributed by atoms with Gasteiger partial charge in [0.2, 0.25) is 0 Å². The van der Waals surface area contributed by atoms with Gasteiger partial charge in [0.15, 0.2) is 5.75 Å². The molecule has 1 rings (SSSR count). The third kappa shape index (κ3) is 1.40. The van der Waals surface area contributed by atoms with E-state index < -0.39 is 0 Å². The molecule has 0 fully saturated rings. The van der Waals surface area contributed by atoms with Gasteiger partial charge in [-0.25, -0.2) is 0 Å². The van der Waals surface area contributed by atoms with Gasteiger partial charge in [0.25, 0.3) is 0 Å². The van der Waals surface area contributed by atoms with Crippen LogP contribution in [0, 0.1) is 11.3 Å². The molecule has 0 bridgehead atoms. The summed E-state index contributed by atoms with van der Waals surface area (Å²) in [6.07, 6.45) is 0. The highest BCUT2D eigenvalue weighted by Gasteiger charge is 2.12. The van der Waals surface area contributed by atoms with Gasteiger partial charge < -0.3 is 10.2 Å². The molecule has 3 nitrogen and oxygen atoms in total. The number of phenolic OH excluding ortho intramolecular Hbond substituents is 2. The molecule has 1 aromatic carbocycles. The second kappa shape index (κ2) is 3.33. The van der Waals surface area contributed by atoms with Gasteiger partial charge in [-0.15, -0.1) is 0 Å². The largest absolute Gasteiger partial charge is 0.505 e. The fourth-order valence-corrected chi connectivity index (χ4v) is 1.80. The quantitative estimate of drug-likeness (QED) is 0.772. The monoisotopic (exact) mass is 291 g/mol. The summed E-state index contributed by atoms with van der Waals surface area (Å²) < 4.78 is 0.483. The van der Waals surface area contributed by atoms with Crippen molar-refractivity contribution in [2.45, 2.75) is 0 Å². The van der Waals surface area contributed by atoms with Crippen molar-refractivity contribution in [2.75, 3.05) is 0 Å². The number of hydrogen-bond donors (Lipinski definition) is 2. The van der Waals surface area contributed by atoms with E-state index in [1.54, 1.807) is 6.07 Å². The maximum atomic E-state index is 9.25. The van der Waals surface area contributed by atoms with Crippen molar-refractivity contribution < 1.29 is 10.2 Å². The van der Waals surface area contributed by atoms with Gasteiger partial charge in [0.05, 0.1) is 10.0 Å². The van der Waals surface area contributed by atoms with Gasteiger partial charge in [-0.1, -0.05) is 0 Å². The molecule has 62 valence electrons. The molecule has 0 amide bonds. The van der Waals surface area contributed by atoms with Crippen LogP contribution in [-0.4, -0.2) is 10.2 Å². The first-order valence-corrected chi connectivity index (χ1v) is 4.46. The lowest BCUT2D eigenvalue weighted by Crippen LogP contribution is -1.80. The summed E-state index contributed by atoms with van der Waals surface area (Å²) >= 11 is 5.97. The van der Waals surface area contributed by atoms with Crippen molar-refractivity contribution in [1.29, 1.82) is 5.26 Å². The van der Waals surface area contributed by atoms with Crippen LogP contribution in [0.25, 0.3) is 0 Å². The molecule has 0 radical (unpaired) electrons. The van der Waals surface area contributed by atoms with Crippen LogP contribution in [0.2, 0.25) is 0 Å². The Labute approximate surface area is 85.5 Å². The topological polar surface area (TPSA) is 64.2 Å². The molecule has 0 aliphatic heterocycles. The molecular weight excluding hydrogens is 290 g/mol. The Hall–Kier alpha value is -0.730. The van der Waals surface area contributed by atoms with Crippen LogP contribution in [0.3, 0.4) is 0 Å². The van der Waals surface area contributed by atoms with Crippen molar-refractivity contribution in [3.63, 3.8) is 0 Å². The third-order valence-electron chi connectivity index (χ3n) is 1.29. The van der Waals surface area contributed by atoms with Gasteiger partial charge in [0.1, 0.15) is 16.3 Å². The van der Waals surface area contributed by atoms with Gasteiger partial charge in [-0.2, -0.15) is 5.26 Å². The fraction of sp³-hybridized carbons (Fsp3) is 0. The van der Waals surface area contributed by atoms with Crippen LogP contribution >= 0.6 is 31.9 Å². The van der Waals surface area contributed by atoms with E-state index in [2.05, 4.69) is 31.9 Å². The highest BCUT2D eigenvalue weighted by molar-refractivity contribution is 9.11. The van der Waals surface area contributed by atoms with E-state index in [0.717, 1.165) is 0 Å². The number of hydrogen-bond acceptors (Lipinski definition) is 3. The summed E-state index contributed by atoms with van der Waals surface area (Å²) in [6.45, 7) is 0. The smallest absolute Gasteiger partial charge is 0.151 e. The van der Waals surface area contributed by atoms with Crippen molar-refractivity contribution in [1.82, 2.24) is 0 Å². The Bertz CT molecular complexity index is 371. The lowest BCUT2D eigenvalue weighted by atomic mass is 10.2. The zero-order valence-electron chi connectivity index (χ0n) is 5.67. The van der Waals surface area contributed by atoms with Crippen LogP contribution in [0.4, 0.5) is 0 Å². The lowest BCUT2D eigenvalue weighted by molar-refractivity contribution is 0.441. The molecule has 0 aliphatic carbocycles. The number of benzene rings is 1. The van der Waals surface area contributed by atoms with E-state index in [4.69, 9.17) is 5.26 Å². The molecule has 0 aromatic heterocycles. The number of aromatic hydroxyl groups is 2. The SMILES string of the molecule is N#Cc1cc(Br)c(O)c(Br)c1O. The van der Waals surface area contributed by atoms with Crippen LogP contribution < -0.4 is 0 Å². The van der Waals surface area contributed by atoms with Crippen LogP contribution in [-0.2, 0) is 0 Å². The molecule has 0 unspecified atom stereocenters. The summed E-state index contributed by atoms with van der Waals surface area (Å²) in [5.74, 6) is -0.371. The first kappa shape index (κ1) is 9.36. The highest BCUT2D eigenvalue weighted by Crippen LogP contribution is 2.40. The van der Waals surface area contributed by atoms with Crippen LogP contribution in [0.15, 0.2) is 15.0 Å². The average Bonchev–Trinajstić information content (AvgIpc) is 2.08. The standard InChI is InChI=1S/C7H3Br2NO2/c8-4-1-3(2-10)6(11)5(9)7(4)12/h1,11-12H. The first-order valence-electron chi connectivity index (χ1n) is 2.88. The molecule has 0 aliphatic rings. The van der Waals surface area contributed by atoms with Gasteiger partial charge in [0, 0.05) is 0 Å². The second-order valence-electron chi connectivity index (χ2n) is 2.03. The van der Waals surface area contributed by atoms with E-state index >= 15 is 0 Å². The van der Waals surface area contributed by atoms with Gasteiger partial charge in [-0.05, 0) is 37.9 Å². The second-order valence-corrected chi connectivity index (χ2v) is 3.68. The fourth-order valence-electron chi connectivity index (χ4n) is 0.684. The average molecular weight is 293 g/mol. The number of nitrogens with zero attached hydrogens (tertiary/aromatic N) is 1. The summed E-state index contributed by atoms with van der Waals surface area (Å²) in [5.41, 5.74) is 0.103. The Morgan fingerprint density at radius 2 is 1.83 bits per heavy atom. The van der Waals surface area contributed by atoms with E-state index in [1.807, 2.05) is 0 Å². The van der Waals surface area contributed by atoms with E-state index in [0.29, 0.717) is 4.47 Å². The molecular formula is C7H3Br2NO2. The molecule has 12 heavy (non-hydrogen) atoms. The normalized spacial score (nSPS) is 9.42. The number of nitriles is 1. The summed E-state index contributed by atoms with van der Waals surface area (Å²) in [5, 5.41) is 27.0. The first-order chi connectivity index (χ1) is 5.57. The molecule has 0 spiro atoms. The molecule has 0 atom stereocenters. The third-order valence-corrected chi connectivity index (χ3v) is 2.64. The van der Waals surface area contributed by atoms with Crippen molar-refractivity contribution in [3.8, 4) is 17.6 Å². The molecule has 2 N–H and O–H groups in total. The number of phenols is 2. The predicted molar refractivity (Wildman–Crippen MR) is 49.9 cm³/mol. The predicted octanol–water partition coefficient (Wildman–Crippen LogP) is 2.49. The maximum absolute atomic E-state index is 9.25. The molecule has 0 saturated carbocycles. The summed E-state index contributed by atoms with van der Waals surface area (Å²) in [7, 11) is 0. The summed E-state index contributed by atoms with van der Waals surface area (Å²) in [6, 6.07) is 3.13. The minimum absolute atomic E-state index is 0.103. The Morgan fingerprint density at radius 1 is 1.25 bits per heavy atom. The maximum Gasteiger partial charge on any atom is 0.151 e. The summed E-state index contributed by atoms with van der Waals surface area (Å²) in [4.78, 5) is 0. The Morgan fingerprint density at radius 3 is 2.33 bits per heavy atom. The van der Waals surface area contributed by atoms with E-state index in [-0.39, 0.29) is 21.5 Å². The van der Waals surface area contributed by atoms with Gasteiger partial charge in [-0.3, -0.25) is 0 Å². The molecule has 0 heterocycles. The van der Waals surface area contributed by atoms with Crippen LogP contribution in [0.5, 0.6) is 11.5 Å².